The van der Waals surface area contributed by atoms with Gasteiger partial charge in [-0.1, -0.05) is 24.3 Å². The van der Waals surface area contributed by atoms with Gasteiger partial charge < -0.3 is 5.32 Å². The molecule has 17 heavy (non-hydrogen) atoms. The predicted molar refractivity (Wildman–Crippen MR) is 73.5 cm³/mol. The van der Waals surface area contributed by atoms with E-state index in [1.165, 1.54) is 16.1 Å². The van der Waals surface area contributed by atoms with Gasteiger partial charge in [0.1, 0.15) is 0 Å². The molecule has 1 aromatic carbocycles. The van der Waals surface area contributed by atoms with Gasteiger partial charge in [-0.25, -0.2) is 4.98 Å². The summed E-state index contributed by atoms with van der Waals surface area (Å²) in [4.78, 5) is 4.53. The largest absolute Gasteiger partial charge is 0.313 e. The van der Waals surface area contributed by atoms with E-state index in [1.807, 2.05) is 14.0 Å². The van der Waals surface area contributed by atoms with Crippen molar-refractivity contribution in [3.63, 3.8) is 0 Å². The molecule has 1 unspecified atom stereocenters. The molecule has 0 aliphatic heterocycles. The van der Waals surface area contributed by atoms with Crippen molar-refractivity contribution in [1.29, 1.82) is 0 Å². The Hall–Kier alpha value is -1.19. The van der Waals surface area contributed by atoms with Gasteiger partial charge in [-0.05, 0) is 32.0 Å². The molecule has 0 saturated heterocycles. The average molecular weight is 246 g/mol. The minimum atomic E-state index is 0.349. The Balaban J connectivity index is 2.20. The Morgan fingerprint density at radius 1 is 1.29 bits per heavy atom. The van der Waals surface area contributed by atoms with Crippen LogP contribution in [-0.2, 0) is 6.42 Å². The lowest BCUT2D eigenvalue weighted by molar-refractivity contribution is 0.587. The number of aryl methyl sites for hydroxylation is 2. The smallest absolute Gasteiger partial charge is 0.0947 e. The van der Waals surface area contributed by atoms with Gasteiger partial charge >= 0.3 is 0 Å². The third-order valence-electron chi connectivity index (χ3n) is 2.96. The van der Waals surface area contributed by atoms with Crippen molar-refractivity contribution in [1.82, 2.24) is 10.3 Å². The summed E-state index contributed by atoms with van der Waals surface area (Å²) in [6.45, 7) is 4.20. The van der Waals surface area contributed by atoms with Gasteiger partial charge in [-0.2, -0.15) is 0 Å². The van der Waals surface area contributed by atoms with Crippen molar-refractivity contribution in [2.75, 3.05) is 7.05 Å². The Morgan fingerprint density at radius 3 is 2.65 bits per heavy atom. The van der Waals surface area contributed by atoms with Crippen molar-refractivity contribution < 1.29 is 0 Å². The van der Waals surface area contributed by atoms with Crippen molar-refractivity contribution in [3.8, 4) is 0 Å². The molecule has 2 rings (SSSR count). The minimum Gasteiger partial charge on any atom is -0.313 e. The predicted octanol–water partition coefficient (Wildman–Crippen LogP) is 3.26. The molecule has 1 aromatic heterocycles. The number of likely N-dealkylation sites (N-methyl/N-ethyl adjacent to an activating group) is 1. The molecule has 0 fully saturated rings. The van der Waals surface area contributed by atoms with Crippen LogP contribution in [0, 0.1) is 13.8 Å². The Morgan fingerprint density at radius 2 is 2.06 bits per heavy atom. The molecule has 90 valence electrons. The van der Waals surface area contributed by atoms with E-state index >= 15 is 0 Å². The molecule has 1 heterocycles. The quantitative estimate of drug-likeness (QED) is 0.895. The molecule has 0 radical (unpaired) electrons. The number of nitrogens with zero attached hydrogens (tertiary/aromatic N) is 1. The minimum absolute atomic E-state index is 0.349. The zero-order valence-corrected chi connectivity index (χ0v) is 11.3. The first kappa shape index (κ1) is 12.3. The number of hydrogen-bond acceptors (Lipinski definition) is 3. The zero-order chi connectivity index (χ0) is 12.3. The molecule has 1 N–H and O–H groups in total. The highest BCUT2D eigenvalue weighted by atomic mass is 32.1. The molecule has 0 amide bonds. The first-order valence-corrected chi connectivity index (χ1v) is 6.72. The van der Waals surface area contributed by atoms with E-state index in [9.17, 15) is 0 Å². The Bertz CT molecular complexity index is 490. The second-order valence-corrected chi connectivity index (χ2v) is 5.23. The van der Waals surface area contributed by atoms with Gasteiger partial charge in [0.05, 0.1) is 5.01 Å². The van der Waals surface area contributed by atoms with Gasteiger partial charge in [0.15, 0.2) is 0 Å². The monoisotopic (exact) mass is 246 g/mol. The maximum Gasteiger partial charge on any atom is 0.0947 e. The molecule has 2 aromatic rings. The van der Waals surface area contributed by atoms with Crippen molar-refractivity contribution >= 4 is 11.3 Å². The summed E-state index contributed by atoms with van der Waals surface area (Å²) >= 11 is 1.74. The van der Waals surface area contributed by atoms with E-state index < -0.39 is 0 Å². The van der Waals surface area contributed by atoms with Crippen LogP contribution in [0.5, 0.6) is 0 Å². The molecular formula is C14H18N2S. The number of aromatic nitrogens is 1. The summed E-state index contributed by atoms with van der Waals surface area (Å²) in [7, 11) is 2.01. The average Bonchev–Trinajstić information content (AvgIpc) is 2.73. The summed E-state index contributed by atoms with van der Waals surface area (Å²) in [5.41, 5.74) is 3.81. The molecule has 0 aliphatic rings. The summed E-state index contributed by atoms with van der Waals surface area (Å²) in [6.07, 6.45) is 0.958. The lowest BCUT2D eigenvalue weighted by Gasteiger charge is -2.17. The van der Waals surface area contributed by atoms with Crippen LogP contribution in [0.1, 0.15) is 27.9 Å². The molecule has 0 spiro atoms. The summed E-state index contributed by atoms with van der Waals surface area (Å²) in [5, 5.41) is 6.69. The maximum absolute atomic E-state index is 4.53. The fourth-order valence-corrected chi connectivity index (χ4v) is 2.84. The van der Waals surface area contributed by atoms with Gasteiger partial charge in [-0.3, -0.25) is 0 Å². The third kappa shape index (κ3) is 2.93. The number of rotatable bonds is 4. The molecule has 3 heteroatoms. The molecule has 0 aliphatic carbocycles. The standard InChI is InChI=1S/C14H18N2S/c1-10-6-4-5-7-12(10)13(15-3)8-14-16-11(2)9-17-14/h4-7,9,13,15H,8H2,1-3H3. The van der Waals surface area contributed by atoms with E-state index in [1.54, 1.807) is 11.3 Å². The topological polar surface area (TPSA) is 24.9 Å². The van der Waals surface area contributed by atoms with Crippen LogP contribution < -0.4 is 5.32 Å². The number of hydrogen-bond donors (Lipinski definition) is 1. The van der Waals surface area contributed by atoms with Crippen LogP contribution in [-0.4, -0.2) is 12.0 Å². The van der Waals surface area contributed by atoms with Gasteiger partial charge in [0.25, 0.3) is 0 Å². The van der Waals surface area contributed by atoms with Crippen LogP contribution in [0.3, 0.4) is 0 Å². The second-order valence-electron chi connectivity index (χ2n) is 4.28. The van der Waals surface area contributed by atoms with Gasteiger partial charge in [0.2, 0.25) is 0 Å². The van der Waals surface area contributed by atoms with Crippen LogP contribution in [0.2, 0.25) is 0 Å². The Labute approximate surface area is 107 Å². The fraction of sp³-hybridized carbons (Fsp3) is 0.357. The third-order valence-corrected chi connectivity index (χ3v) is 3.95. The summed E-state index contributed by atoms with van der Waals surface area (Å²) in [6, 6.07) is 8.88. The van der Waals surface area contributed by atoms with E-state index in [-0.39, 0.29) is 0 Å². The number of thiazole rings is 1. The Kier molecular flexibility index (Phi) is 3.92. The molecule has 2 nitrogen and oxygen atoms in total. The molecule has 0 saturated carbocycles. The van der Waals surface area contributed by atoms with Crippen molar-refractivity contribution in [2.24, 2.45) is 0 Å². The highest BCUT2D eigenvalue weighted by molar-refractivity contribution is 7.09. The molecule has 0 bridgehead atoms. The van der Waals surface area contributed by atoms with Crippen LogP contribution in [0.25, 0.3) is 0 Å². The van der Waals surface area contributed by atoms with Gasteiger partial charge in [-0.15, -0.1) is 11.3 Å². The number of benzene rings is 1. The molecular weight excluding hydrogens is 228 g/mol. The van der Waals surface area contributed by atoms with Gasteiger partial charge in [0, 0.05) is 23.5 Å². The van der Waals surface area contributed by atoms with Crippen LogP contribution >= 0.6 is 11.3 Å². The zero-order valence-electron chi connectivity index (χ0n) is 10.5. The second kappa shape index (κ2) is 5.43. The van der Waals surface area contributed by atoms with E-state index in [4.69, 9.17) is 0 Å². The maximum atomic E-state index is 4.53. The first-order valence-electron chi connectivity index (χ1n) is 5.84. The number of nitrogens with one attached hydrogen (secondary N) is 1. The van der Waals surface area contributed by atoms with Crippen LogP contribution in [0.15, 0.2) is 29.6 Å². The first-order chi connectivity index (χ1) is 8.20. The normalized spacial score (nSPS) is 12.6. The van der Waals surface area contributed by atoms with Crippen molar-refractivity contribution in [2.45, 2.75) is 26.3 Å². The summed E-state index contributed by atoms with van der Waals surface area (Å²) < 4.78 is 0. The van der Waals surface area contributed by atoms with Crippen molar-refractivity contribution in [3.05, 3.63) is 51.5 Å². The highest BCUT2D eigenvalue weighted by Gasteiger charge is 2.13. The highest BCUT2D eigenvalue weighted by Crippen LogP contribution is 2.22. The van der Waals surface area contributed by atoms with E-state index in [2.05, 4.69) is 46.9 Å². The lowest BCUT2D eigenvalue weighted by Crippen LogP contribution is -2.19. The summed E-state index contributed by atoms with van der Waals surface area (Å²) in [5.74, 6) is 0. The van der Waals surface area contributed by atoms with E-state index in [0.717, 1.165) is 12.1 Å². The SMILES string of the molecule is CNC(Cc1nc(C)cs1)c1ccccc1C. The van der Waals surface area contributed by atoms with E-state index in [0.29, 0.717) is 6.04 Å². The lowest BCUT2D eigenvalue weighted by atomic mass is 9.99. The fourth-order valence-electron chi connectivity index (χ4n) is 2.02. The molecule has 1 atom stereocenters. The van der Waals surface area contributed by atoms with Crippen LogP contribution in [0.4, 0.5) is 0 Å².